The lowest BCUT2D eigenvalue weighted by atomic mass is 10.2. The summed E-state index contributed by atoms with van der Waals surface area (Å²) in [6, 6.07) is 14.9. The van der Waals surface area contributed by atoms with Gasteiger partial charge in [-0.2, -0.15) is 5.10 Å². The number of phenols is 1. The van der Waals surface area contributed by atoms with Gasteiger partial charge in [0.05, 0.1) is 13.3 Å². The van der Waals surface area contributed by atoms with Crippen LogP contribution in [0, 0.1) is 0 Å². The molecule has 2 aromatic carbocycles. The number of thioether (sulfide) groups is 1. The van der Waals surface area contributed by atoms with Crippen molar-refractivity contribution in [3.8, 4) is 11.5 Å². The standard InChI is InChI=1S/C16H17N3O2S/c1-21-14-7-8-15(20)13(9-14)10-18-19-16(17)22-11-12-5-3-2-4-6-12/h2-10,20H,11H2,1H3,(H2,17,19). The van der Waals surface area contributed by atoms with E-state index in [0.717, 1.165) is 5.75 Å². The quantitative estimate of drug-likeness (QED) is 0.505. The van der Waals surface area contributed by atoms with Crippen molar-refractivity contribution in [1.82, 2.24) is 0 Å². The highest BCUT2D eigenvalue weighted by molar-refractivity contribution is 8.13. The minimum Gasteiger partial charge on any atom is -0.507 e. The van der Waals surface area contributed by atoms with Crippen LogP contribution in [-0.2, 0) is 5.75 Å². The molecular formula is C16H17N3O2S. The van der Waals surface area contributed by atoms with Crippen molar-refractivity contribution >= 4 is 23.1 Å². The van der Waals surface area contributed by atoms with Gasteiger partial charge in [-0.25, -0.2) is 0 Å². The Hall–Kier alpha value is -2.47. The molecule has 0 atom stereocenters. The Bertz CT molecular complexity index is 672. The molecule has 0 heterocycles. The van der Waals surface area contributed by atoms with E-state index in [9.17, 15) is 5.11 Å². The van der Waals surface area contributed by atoms with Gasteiger partial charge in [-0.15, -0.1) is 5.10 Å². The molecule has 114 valence electrons. The fraction of sp³-hybridized carbons (Fsp3) is 0.125. The molecule has 0 aromatic heterocycles. The zero-order chi connectivity index (χ0) is 15.8. The highest BCUT2D eigenvalue weighted by atomic mass is 32.2. The van der Waals surface area contributed by atoms with Crippen molar-refractivity contribution in [2.75, 3.05) is 7.11 Å². The fourth-order valence-corrected chi connectivity index (χ4v) is 2.28. The van der Waals surface area contributed by atoms with Crippen LogP contribution in [0.3, 0.4) is 0 Å². The Kier molecular flexibility index (Phi) is 5.85. The first-order valence-electron chi connectivity index (χ1n) is 6.59. The lowest BCUT2D eigenvalue weighted by molar-refractivity contribution is 0.412. The molecule has 2 aromatic rings. The summed E-state index contributed by atoms with van der Waals surface area (Å²) in [5, 5.41) is 17.9. The maximum Gasteiger partial charge on any atom is 0.180 e. The van der Waals surface area contributed by atoms with E-state index >= 15 is 0 Å². The van der Waals surface area contributed by atoms with E-state index in [0.29, 0.717) is 16.5 Å². The maximum absolute atomic E-state index is 9.72. The Morgan fingerprint density at radius 3 is 2.77 bits per heavy atom. The van der Waals surface area contributed by atoms with Crippen molar-refractivity contribution in [3.63, 3.8) is 0 Å². The summed E-state index contributed by atoms with van der Waals surface area (Å²) in [4.78, 5) is 0. The number of amidine groups is 1. The van der Waals surface area contributed by atoms with Gasteiger partial charge in [-0.05, 0) is 23.8 Å². The smallest absolute Gasteiger partial charge is 0.180 e. The molecule has 0 saturated carbocycles. The number of aromatic hydroxyl groups is 1. The van der Waals surface area contributed by atoms with Gasteiger partial charge in [0, 0.05) is 11.3 Å². The SMILES string of the molecule is COc1ccc(O)c(C=NN=C(N)SCc2ccccc2)c1. The summed E-state index contributed by atoms with van der Waals surface area (Å²) in [6.45, 7) is 0. The van der Waals surface area contributed by atoms with Crippen LogP contribution in [0.4, 0.5) is 0 Å². The van der Waals surface area contributed by atoms with Crippen LogP contribution in [-0.4, -0.2) is 23.6 Å². The molecule has 6 heteroatoms. The minimum atomic E-state index is 0.107. The second-order valence-electron chi connectivity index (χ2n) is 4.38. The second kappa shape index (κ2) is 8.09. The predicted octanol–water partition coefficient (Wildman–Crippen LogP) is 2.98. The first kappa shape index (κ1) is 15.9. The Labute approximate surface area is 133 Å². The molecule has 0 bridgehead atoms. The molecule has 0 unspecified atom stereocenters. The van der Waals surface area contributed by atoms with Crippen LogP contribution in [0.25, 0.3) is 0 Å². The second-order valence-corrected chi connectivity index (χ2v) is 5.38. The van der Waals surface area contributed by atoms with Crippen LogP contribution in [0.1, 0.15) is 11.1 Å². The number of phenolic OH excluding ortho intramolecular Hbond substituents is 1. The third-order valence-electron chi connectivity index (χ3n) is 2.82. The van der Waals surface area contributed by atoms with E-state index < -0.39 is 0 Å². The normalized spacial score (nSPS) is 11.8. The molecule has 22 heavy (non-hydrogen) atoms. The van der Waals surface area contributed by atoms with Crippen LogP contribution in [0.15, 0.2) is 58.7 Å². The predicted molar refractivity (Wildman–Crippen MR) is 91.6 cm³/mol. The monoisotopic (exact) mass is 315 g/mol. The highest BCUT2D eigenvalue weighted by Crippen LogP contribution is 2.21. The number of hydrogen-bond acceptors (Lipinski definition) is 5. The number of ether oxygens (including phenoxy) is 1. The number of nitrogens with two attached hydrogens (primary N) is 1. The Balaban J connectivity index is 1.95. The van der Waals surface area contributed by atoms with Crippen molar-refractivity contribution in [3.05, 3.63) is 59.7 Å². The lowest BCUT2D eigenvalue weighted by Crippen LogP contribution is -2.06. The molecule has 0 saturated heterocycles. The molecule has 3 N–H and O–H groups in total. The van der Waals surface area contributed by atoms with Crippen LogP contribution >= 0.6 is 11.8 Å². The summed E-state index contributed by atoms with van der Waals surface area (Å²) in [5.41, 5.74) is 7.48. The van der Waals surface area contributed by atoms with Gasteiger partial charge in [0.1, 0.15) is 11.5 Å². The Morgan fingerprint density at radius 2 is 2.05 bits per heavy atom. The van der Waals surface area contributed by atoms with E-state index in [-0.39, 0.29) is 5.75 Å². The Morgan fingerprint density at radius 1 is 1.27 bits per heavy atom. The van der Waals surface area contributed by atoms with Crippen molar-refractivity contribution < 1.29 is 9.84 Å². The van der Waals surface area contributed by atoms with E-state index in [2.05, 4.69) is 10.2 Å². The van der Waals surface area contributed by atoms with Gasteiger partial charge >= 0.3 is 0 Å². The number of nitrogens with zero attached hydrogens (tertiary/aromatic N) is 2. The molecule has 2 rings (SSSR count). The van der Waals surface area contributed by atoms with E-state index in [1.165, 1.54) is 29.6 Å². The summed E-state index contributed by atoms with van der Waals surface area (Å²) in [7, 11) is 1.56. The topological polar surface area (TPSA) is 80.2 Å². The zero-order valence-electron chi connectivity index (χ0n) is 12.1. The van der Waals surface area contributed by atoms with Gasteiger partial charge in [-0.3, -0.25) is 0 Å². The van der Waals surface area contributed by atoms with Gasteiger partial charge in [0.2, 0.25) is 0 Å². The average molecular weight is 315 g/mol. The molecule has 0 spiro atoms. The van der Waals surface area contributed by atoms with Gasteiger partial charge in [0.25, 0.3) is 0 Å². The summed E-state index contributed by atoms with van der Waals surface area (Å²) in [6.07, 6.45) is 1.44. The maximum atomic E-state index is 9.72. The fourth-order valence-electron chi connectivity index (χ4n) is 1.67. The summed E-state index contributed by atoms with van der Waals surface area (Å²) < 4.78 is 5.09. The molecule has 0 radical (unpaired) electrons. The highest BCUT2D eigenvalue weighted by Gasteiger charge is 2.00. The molecule has 0 aliphatic heterocycles. The van der Waals surface area contributed by atoms with E-state index in [1.807, 2.05) is 30.3 Å². The molecule has 0 aliphatic rings. The van der Waals surface area contributed by atoms with Crippen LogP contribution in [0.5, 0.6) is 11.5 Å². The van der Waals surface area contributed by atoms with Gasteiger partial charge < -0.3 is 15.6 Å². The summed E-state index contributed by atoms with van der Waals surface area (Å²) in [5.74, 6) is 1.47. The molecule has 0 aliphatic carbocycles. The number of hydrogen-bond donors (Lipinski definition) is 2. The van der Waals surface area contributed by atoms with Crippen molar-refractivity contribution in [1.29, 1.82) is 0 Å². The first-order valence-corrected chi connectivity index (χ1v) is 7.58. The van der Waals surface area contributed by atoms with Crippen molar-refractivity contribution in [2.45, 2.75) is 5.75 Å². The van der Waals surface area contributed by atoms with E-state index in [4.69, 9.17) is 10.5 Å². The third kappa shape index (κ3) is 4.82. The lowest BCUT2D eigenvalue weighted by Gasteiger charge is -2.02. The molecule has 5 nitrogen and oxygen atoms in total. The average Bonchev–Trinajstić information content (AvgIpc) is 2.55. The van der Waals surface area contributed by atoms with E-state index in [1.54, 1.807) is 19.2 Å². The van der Waals surface area contributed by atoms with Crippen molar-refractivity contribution in [2.24, 2.45) is 15.9 Å². The number of rotatable bonds is 5. The number of benzene rings is 2. The largest absolute Gasteiger partial charge is 0.507 e. The van der Waals surface area contributed by atoms with Crippen LogP contribution in [0.2, 0.25) is 0 Å². The van der Waals surface area contributed by atoms with Crippen LogP contribution < -0.4 is 10.5 Å². The zero-order valence-corrected chi connectivity index (χ0v) is 13.0. The number of methoxy groups -OCH3 is 1. The molecule has 0 fully saturated rings. The molecular weight excluding hydrogens is 298 g/mol. The first-order chi connectivity index (χ1) is 10.7. The molecule has 0 amide bonds. The summed E-state index contributed by atoms with van der Waals surface area (Å²) >= 11 is 1.40. The van der Waals surface area contributed by atoms with Gasteiger partial charge in [0.15, 0.2) is 5.17 Å². The third-order valence-corrected chi connectivity index (χ3v) is 3.67. The van der Waals surface area contributed by atoms with Gasteiger partial charge in [-0.1, -0.05) is 42.1 Å². The minimum absolute atomic E-state index is 0.107.